The van der Waals surface area contributed by atoms with Crippen LogP contribution in [0.2, 0.25) is 0 Å². The lowest BCUT2D eigenvalue weighted by molar-refractivity contribution is 0.0780. The molecule has 2 aliphatic carbocycles. The number of rotatable bonds is 6. The summed E-state index contributed by atoms with van der Waals surface area (Å²) in [7, 11) is 0. The molecule has 2 aromatic heterocycles. The molecular formula is C44H39N5. The van der Waals surface area contributed by atoms with Crippen LogP contribution in [-0.4, -0.2) is 19.9 Å². The lowest BCUT2D eigenvalue weighted by Crippen LogP contribution is -2.42. The second-order valence-electron chi connectivity index (χ2n) is 14.4. The first-order valence-corrected chi connectivity index (χ1v) is 17.4. The van der Waals surface area contributed by atoms with Gasteiger partial charge in [0.2, 0.25) is 0 Å². The Morgan fingerprint density at radius 2 is 1.14 bits per heavy atom. The molecule has 4 atom stereocenters. The SMILES string of the molecule is C[C@@H]1C[C@@H]2C[C@H](C)CC(c3ccc(-c4cc(-c5ccccn5)cc(-c5nc(-c6ccccc6)nc(-c6ccc(C#N)cc6)n5)c4)cc3)(C1)C2. The van der Waals surface area contributed by atoms with Crippen molar-refractivity contribution in [1.82, 2.24) is 19.9 Å². The Balaban J connectivity index is 1.25. The third kappa shape index (κ3) is 6.27. The van der Waals surface area contributed by atoms with E-state index in [1.54, 1.807) is 12.1 Å². The summed E-state index contributed by atoms with van der Waals surface area (Å²) in [6.45, 7) is 4.90. The molecule has 2 fully saturated rings. The first-order chi connectivity index (χ1) is 23.9. The number of fused-ring (bicyclic) bond motifs is 2. The maximum absolute atomic E-state index is 9.37. The fourth-order valence-electron chi connectivity index (χ4n) is 8.72. The third-order valence-corrected chi connectivity index (χ3v) is 10.6. The Morgan fingerprint density at radius 3 is 1.78 bits per heavy atom. The molecule has 2 aliphatic rings. The summed E-state index contributed by atoms with van der Waals surface area (Å²) in [5, 5.41) is 9.37. The summed E-state index contributed by atoms with van der Waals surface area (Å²) in [6.07, 6.45) is 8.49. The van der Waals surface area contributed by atoms with Gasteiger partial charge in [-0.1, -0.05) is 74.5 Å². The summed E-state index contributed by atoms with van der Waals surface area (Å²) in [5.41, 5.74) is 9.16. The Morgan fingerprint density at radius 1 is 0.571 bits per heavy atom. The smallest absolute Gasteiger partial charge is 0.164 e. The van der Waals surface area contributed by atoms with E-state index in [4.69, 9.17) is 19.9 Å². The molecule has 0 spiro atoms. The van der Waals surface area contributed by atoms with Crippen LogP contribution >= 0.6 is 0 Å². The van der Waals surface area contributed by atoms with E-state index in [0.717, 1.165) is 56.8 Å². The van der Waals surface area contributed by atoms with Crippen molar-refractivity contribution in [3.05, 3.63) is 133 Å². The van der Waals surface area contributed by atoms with Gasteiger partial charge in [-0.3, -0.25) is 4.98 Å². The van der Waals surface area contributed by atoms with E-state index in [1.165, 1.54) is 37.7 Å². The molecule has 8 rings (SSSR count). The molecular weight excluding hydrogens is 599 g/mol. The molecule has 0 radical (unpaired) electrons. The molecule has 4 aromatic carbocycles. The fourth-order valence-corrected chi connectivity index (χ4v) is 8.72. The van der Waals surface area contributed by atoms with E-state index in [-0.39, 0.29) is 0 Å². The van der Waals surface area contributed by atoms with Crippen molar-refractivity contribution in [3.8, 4) is 62.6 Å². The van der Waals surface area contributed by atoms with Crippen molar-refractivity contribution >= 4 is 0 Å². The molecule has 0 aliphatic heterocycles. The van der Waals surface area contributed by atoms with Crippen LogP contribution in [-0.2, 0) is 5.41 Å². The van der Waals surface area contributed by atoms with Crippen molar-refractivity contribution in [2.24, 2.45) is 17.8 Å². The first-order valence-electron chi connectivity index (χ1n) is 17.4. The van der Waals surface area contributed by atoms with Gasteiger partial charge in [0.05, 0.1) is 17.3 Å². The minimum Gasteiger partial charge on any atom is -0.256 e. The number of benzene rings is 4. The standard InChI is InChI=1S/C44H39N5/c1-29-20-32-21-30(2)26-44(25-29,27-32)39-17-15-33(16-18-39)36-22-37(40-10-6-7-19-46-40)24-38(23-36)43-48-41(34-8-4-3-5-9-34)47-42(49-43)35-13-11-31(28-45)12-14-35/h3-19,22-24,29-30,32H,20-21,25-27H2,1-2H3/t29-,30+,32-,44?. The third-order valence-electron chi connectivity index (χ3n) is 10.6. The summed E-state index contributed by atoms with van der Waals surface area (Å²) in [6, 6.07) is 41.5. The average molecular weight is 638 g/mol. The quantitative estimate of drug-likeness (QED) is 0.182. The predicted molar refractivity (Wildman–Crippen MR) is 196 cm³/mol. The van der Waals surface area contributed by atoms with Crippen molar-refractivity contribution in [1.29, 1.82) is 5.26 Å². The Bertz CT molecular complexity index is 2110. The highest BCUT2D eigenvalue weighted by atomic mass is 15.0. The normalized spacial score (nSPS) is 21.5. The lowest BCUT2D eigenvalue weighted by atomic mass is 9.54. The van der Waals surface area contributed by atoms with Crippen molar-refractivity contribution < 1.29 is 0 Å². The highest BCUT2D eigenvalue weighted by Gasteiger charge is 2.45. The van der Waals surface area contributed by atoms with Gasteiger partial charge in [-0.05, 0) is 127 Å². The van der Waals surface area contributed by atoms with Gasteiger partial charge in [0.15, 0.2) is 17.5 Å². The molecule has 5 nitrogen and oxygen atoms in total. The highest BCUT2D eigenvalue weighted by Crippen LogP contribution is 2.54. The van der Waals surface area contributed by atoms with Crippen LogP contribution in [0, 0.1) is 29.1 Å². The van der Waals surface area contributed by atoms with E-state index < -0.39 is 0 Å². The van der Waals surface area contributed by atoms with E-state index in [0.29, 0.717) is 28.5 Å². The summed E-state index contributed by atoms with van der Waals surface area (Å²) < 4.78 is 0. The molecule has 2 bridgehead atoms. The topological polar surface area (TPSA) is 75.3 Å². The molecule has 0 saturated heterocycles. The largest absolute Gasteiger partial charge is 0.256 e. The summed E-state index contributed by atoms with van der Waals surface area (Å²) in [4.78, 5) is 19.6. The molecule has 6 aromatic rings. The van der Waals surface area contributed by atoms with Gasteiger partial charge in [0.1, 0.15) is 0 Å². The van der Waals surface area contributed by atoms with E-state index in [2.05, 4.69) is 62.4 Å². The zero-order valence-electron chi connectivity index (χ0n) is 28.1. The molecule has 1 unspecified atom stereocenters. The monoisotopic (exact) mass is 637 g/mol. The van der Waals surface area contributed by atoms with Crippen LogP contribution in [0.15, 0.2) is 121 Å². The average Bonchev–Trinajstić information content (AvgIpc) is 3.14. The minimum atomic E-state index is 0.292. The van der Waals surface area contributed by atoms with Gasteiger partial charge < -0.3 is 0 Å². The lowest BCUT2D eigenvalue weighted by Gasteiger charge is -2.50. The summed E-state index contributed by atoms with van der Waals surface area (Å²) in [5.74, 6) is 4.14. The Hall–Kier alpha value is -5.47. The zero-order valence-corrected chi connectivity index (χ0v) is 28.1. The van der Waals surface area contributed by atoms with Crippen LogP contribution in [0.5, 0.6) is 0 Å². The number of hydrogen-bond acceptors (Lipinski definition) is 5. The van der Waals surface area contributed by atoms with E-state index in [9.17, 15) is 5.26 Å². The summed E-state index contributed by atoms with van der Waals surface area (Å²) >= 11 is 0. The molecule has 5 heteroatoms. The number of hydrogen-bond donors (Lipinski definition) is 0. The first kappa shape index (κ1) is 30.8. The maximum Gasteiger partial charge on any atom is 0.164 e. The van der Waals surface area contributed by atoms with E-state index in [1.807, 2.05) is 66.9 Å². The molecule has 0 N–H and O–H groups in total. The predicted octanol–water partition coefficient (Wildman–Crippen LogP) is 10.6. The van der Waals surface area contributed by atoms with Gasteiger partial charge in [0, 0.05) is 28.5 Å². The second kappa shape index (κ2) is 12.9. The zero-order chi connectivity index (χ0) is 33.4. The second-order valence-corrected chi connectivity index (χ2v) is 14.4. The van der Waals surface area contributed by atoms with E-state index >= 15 is 0 Å². The van der Waals surface area contributed by atoms with Crippen molar-refractivity contribution in [2.75, 3.05) is 0 Å². The molecule has 2 saturated carbocycles. The van der Waals surface area contributed by atoms with Crippen LogP contribution in [0.1, 0.15) is 57.1 Å². The van der Waals surface area contributed by atoms with Gasteiger partial charge in [-0.25, -0.2) is 15.0 Å². The molecule has 2 heterocycles. The van der Waals surface area contributed by atoms with Crippen molar-refractivity contribution in [2.45, 2.75) is 51.4 Å². The molecule has 49 heavy (non-hydrogen) atoms. The Kier molecular flexibility index (Phi) is 8.09. The highest BCUT2D eigenvalue weighted by molar-refractivity contribution is 5.79. The van der Waals surface area contributed by atoms with Gasteiger partial charge >= 0.3 is 0 Å². The maximum atomic E-state index is 9.37. The molecule has 240 valence electrons. The van der Waals surface area contributed by atoms with Gasteiger partial charge in [-0.2, -0.15) is 5.26 Å². The fraction of sp³-hybridized carbons (Fsp3) is 0.250. The van der Waals surface area contributed by atoms with Gasteiger partial charge in [0.25, 0.3) is 0 Å². The van der Waals surface area contributed by atoms with Crippen LogP contribution < -0.4 is 0 Å². The Labute approximate surface area is 288 Å². The number of nitrogens with zero attached hydrogens (tertiary/aromatic N) is 5. The number of nitriles is 1. The van der Waals surface area contributed by atoms with Crippen LogP contribution in [0.4, 0.5) is 0 Å². The van der Waals surface area contributed by atoms with Gasteiger partial charge in [-0.15, -0.1) is 0 Å². The number of aromatic nitrogens is 4. The number of pyridine rings is 1. The van der Waals surface area contributed by atoms with Crippen molar-refractivity contribution in [3.63, 3.8) is 0 Å². The molecule has 0 amide bonds. The van der Waals surface area contributed by atoms with Crippen LogP contribution in [0.3, 0.4) is 0 Å². The van der Waals surface area contributed by atoms with Crippen LogP contribution in [0.25, 0.3) is 56.5 Å². The minimum absolute atomic E-state index is 0.292.